The summed E-state index contributed by atoms with van der Waals surface area (Å²) >= 11 is 1.41. The molecule has 0 aliphatic carbocycles. The van der Waals surface area contributed by atoms with Crippen molar-refractivity contribution >= 4 is 42.4 Å². The van der Waals surface area contributed by atoms with Crippen LogP contribution in [0.4, 0.5) is 5.13 Å². The zero-order chi connectivity index (χ0) is 19.7. The first-order valence-electron chi connectivity index (χ1n) is 9.01. The van der Waals surface area contributed by atoms with Crippen LogP contribution in [0, 0.1) is 0 Å². The van der Waals surface area contributed by atoms with Gasteiger partial charge in [-0.25, -0.2) is 13.4 Å². The SMILES string of the molecule is CS(=O)(=O)c1ccccc1C(=O)N(CC1CCCO1)c1nc2ccccc2s1. The number of benzene rings is 2. The average molecular weight is 417 g/mol. The molecule has 8 heteroatoms. The molecular weight excluding hydrogens is 396 g/mol. The predicted octanol–water partition coefficient (Wildman–Crippen LogP) is 3.53. The molecule has 1 fully saturated rings. The highest BCUT2D eigenvalue weighted by atomic mass is 32.2. The van der Waals surface area contributed by atoms with E-state index in [2.05, 4.69) is 4.98 Å². The number of hydrogen-bond acceptors (Lipinski definition) is 6. The zero-order valence-electron chi connectivity index (χ0n) is 15.4. The first-order chi connectivity index (χ1) is 13.4. The average Bonchev–Trinajstić information content (AvgIpc) is 3.34. The van der Waals surface area contributed by atoms with Crippen molar-refractivity contribution in [3.8, 4) is 0 Å². The molecule has 1 amide bonds. The summed E-state index contributed by atoms with van der Waals surface area (Å²) in [5.74, 6) is -0.379. The highest BCUT2D eigenvalue weighted by molar-refractivity contribution is 7.90. The van der Waals surface area contributed by atoms with Crippen LogP contribution in [0.1, 0.15) is 23.2 Å². The van der Waals surface area contributed by atoms with Crippen LogP contribution in [0.25, 0.3) is 10.2 Å². The highest BCUT2D eigenvalue weighted by Crippen LogP contribution is 2.31. The largest absolute Gasteiger partial charge is 0.376 e. The third-order valence-electron chi connectivity index (χ3n) is 4.69. The third-order valence-corrected chi connectivity index (χ3v) is 6.90. The Bertz CT molecular complexity index is 1080. The maximum Gasteiger partial charge on any atom is 0.261 e. The Hall–Kier alpha value is -2.29. The molecule has 4 rings (SSSR count). The van der Waals surface area contributed by atoms with Crippen molar-refractivity contribution in [1.82, 2.24) is 4.98 Å². The second-order valence-electron chi connectivity index (χ2n) is 6.78. The molecule has 1 aromatic heterocycles. The summed E-state index contributed by atoms with van der Waals surface area (Å²) in [6.07, 6.45) is 2.84. The lowest BCUT2D eigenvalue weighted by Gasteiger charge is -2.24. The van der Waals surface area contributed by atoms with Crippen LogP contribution in [-0.4, -0.2) is 44.8 Å². The van der Waals surface area contributed by atoms with Gasteiger partial charge in [0.15, 0.2) is 15.0 Å². The predicted molar refractivity (Wildman–Crippen MR) is 110 cm³/mol. The normalized spacial score (nSPS) is 17.1. The molecule has 2 aromatic carbocycles. The summed E-state index contributed by atoms with van der Waals surface area (Å²) in [7, 11) is -3.54. The Balaban J connectivity index is 1.78. The lowest BCUT2D eigenvalue weighted by Crippen LogP contribution is -2.38. The lowest BCUT2D eigenvalue weighted by molar-refractivity contribution is 0.0915. The summed E-state index contributed by atoms with van der Waals surface area (Å²) in [5, 5.41) is 0.546. The van der Waals surface area contributed by atoms with Gasteiger partial charge in [0, 0.05) is 12.9 Å². The number of aromatic nitrogens is 1. The molecule has 28 heavy (non-hydrogen) atoms. The van der Waals surface area contributed by atoms with Crippen LogP contribution in [0.15, 0.2) is 53.4 Å². The number of sulfone groups is 1. The van der Waals surface area contributed by atoms with Crippen molar-refractivity contribution < 1.29 is 17.9 Å². The molecule has 0 radical (unpaired) electrons. The molecule has 6 nitrogen and oxygen atoms in total. The molecule has 0 spiro atoms. The summed E-state index contributed by atoms with van der Waals surface area (Å²) < 4.78 is 31.1. The molecule has 3 aromatic rings. The molecule has 1 aliphatic rings. The topological polar surface area (TPSA) is 76.6 Å². The van der Waals surface area contributed by atoms with Crippen LogP contribution >= 0.6 is 11.3 Å². The molecule has 1 aliphatic heterocycles. The van der Waals surface area contributed by atoms with Gasteiger partial charge in [0.1, 0.15) is 0 Å². The number of ether oxygens (including phenoxy) is 1. The van der Waals surface area contributed by atoms with Crippen molar-refractivity contribution in [1.29, 1.82) is 0 Å². The molecule has 2 heterocycles. The number of hydrogen-bond donors (Lipinski definition) is 0. The van der Waals surface area contributed by atoms with Gasteiger partial charge in [-0.1, -0.05) is 35.6 Å². The Kier molecular flexibility index (Phi) is 5.18. The minimum absolute atomic E-state index is 0.0263. The summed E-state index contributed by atoms with van der Waals surface area (Å²) in [6, 6.07) is 14.0. The fourth-order valence-corrected chi connectivity index (χ4v) is 5.18. The lowest BCUT2D eigenvalue weighted by atomic mass is 10.1. The van der Waals surface area contributed by atoms with Gasteiger partial charge in [-0.15, -0.1) is 0 Å². The second kappa shape index (κ2) is 7.62. The van der Waals surface area contributed by atoms with E-state index in [1.54, 1.807) is 23.1 Å². The van der Waals surface area contributed by atoms with Crippen LogP contribution < -0.4 is 4.90 Å². The van der Waals surface area contributed by atoms with Gasteiger partial charge in [-0.05, 0) is 37.1 Å². The minimum atomic E-state index is -3.54. The van der Waals surface area contributed by atoms with E-state index in [1.807, 2.05) is 24.3 Å². The number of amides is 1. The standard InChI is InChI=1S/C20H20N2O4S2/c1-28(24,25)18-11-5-2-8-15(18)19(23)22(13-14-7-6-12-26-14)20-21-16-9-3-4-10-17(16)27-20/h2-5,8-11,14H,6-7,12-13H2,1H3. The molecule has 1 unspecified atom stereocenters. The van der Waals surface area contributed by atoms with E-state index in [-0.39, 0.29) is 22.5 Å². The molecule has 1 atom stereocenters. The highest BCUT2D eigenvalue weighted by Gasteiger charge is 2.29. The number of anilines is 1. The molecule has 1 saturated heterocycles. The zero-order valence-corrected chi connectivity index (χ0v) is 17.0. The molecule has 0 bridgehead atoms. The Morgan fingerprint density at radius 1 is 1.21 bits per heavy atom. The van der Waals surface area contributed by atoms with Crippen molar-refractivity contribution in [2.45, 2.75) is 23.8 Å². The fraction of sp³-hybridized carbons (Fsp3) is 0.300. The number of para-hydroxylation sites is 1. The number of carbonyl (C=O) groups excluding carboxylic acids is 1. The van der Waals surface area contributed by atoms with Crippen molar-refractivity contribution in [2.24, 2.45) is 0 Å². The monoisotopic (exact) mass is 416 g/mol. The Labute approximate surface area is 167 Å². The molecule has 0 N–H and O–H groups in total. The van der Waals surface area contributed by atoms with E-state index in [0.717, 1.165) is 29.3 Å². The quantitative estimate of drug-likeness (QED) is 0.636. The van der Waals surface area contributed by atoms with Gasteiger partial charge in [0.05, 0.1) is 33.3 Å². The van der Waals surface area contributed by atoms with Crippen molar-refractivity contribution in [3.05, 3.63) is 54.1 Å². The Morgan fingerprint density at radius 2 is 1.96 bits per heavy atom. The van der Waals surface area contributed by atoms with Gasteiger partial charge >= 0.3 is 0 Å². The summed E-state index contributed by atoms with van der Waals surface area (Å²) in [4.78, 5) is 19.6. The van der Waals surface area contributed by atoms with Gasteiger partial charge in [-0.3, -0.25) is 9.69 Å². The number of rotatable bonds is 5. The van der Waals surface area contributed by atoms with E-state index in [1.165, 1.54) is 17.4 Å². The van der Waals surface area contributed by atoms with E-state index < -0.39 is 9.84 Å². The van der Waals surface area contributed by atoms with Crippen LogP contribution in [0.3, 0.4) is 0 Å². The summed E-state index contributed by atoms with van der Waals surface area (Å²) in [6.45, 7) is 1.02. The van der Waals surface area contributed by atoms with Crippen LogP contribution in [0.2, 0.25) is 0 Å². The maximum atomic E-state index is 13.4. The van der Waals surface area contributed by atoms with Gasteiger partial charge in [0.2, 0.25) is 0 Å². The van der Waals surface area contributed by atoms with Gasteiger partial charge in [0.25, 0.3) is 5.91 Å². The van der Waals surface area contributed by atoms with E-state index in [4.69, 9.17) is 4.74 Å². The number of nitrogens with zero attached hydrogens (tertiary/aromatic N) is 2. The van der Waals surface area contributed by atoms with Crippen molar-refractivity contribution in [2.75, 3.05) is 24.3 Å². The third kappa shape index (κ3) is 3.80. The number of fused-ring (bicyclic) bond motifs is 1. The van der Waals surface area contributed by atoms with E-state index in [0.29, 0.717) is 18.3 Å². The second-order valence-corrected chi connectivity index (χ2v) is 9.78. The Morgan fingerprint density at radius 3 is 2.68 bits per heavy atom. The smallest absolute Gasteiger partial charge is 0.261 e. The molecule has 146 valence electrons. The van der Waals surface area contributed by atoms with E-state index in [9.17, 15) is 13.2 Å². The first kappa shape index (κ1) is 19.0. The first-order valence-corrected chi connectivity index (χ1v) is 11.7. The number of thiazole rings is 1. The van der Waals surface area contributed by atoms with Crippen molar-refractivity contribution in [3.63, 3.8) is 0 Å². The minimum Gasteiger partial charge on any atom is -0.376 e. The van der Waals surface area contributed by atoms with Gasteiger partial charge in [-0.2, -0.15) is 0 Å². The van der Waals surface area contributed by atoms with E-state index >= 15 is 0 Å². The number of carbonyl (C=O) groups is 1. The van der Waals surface area contributed by atoms with Gasteiger partial charge < -0.3 is 4.74 Å². The fourth-order valence-electron chi connectivity index (χ4n) is 3.33. The van der Waals surface area contributed by atoms with Crippen LogP contribution in [0.5, 0.6) is 0 Å². The summed E-state index contributed by atoms with van der Waals surface area (Å²) in [5.41, 5.74) is 0.964. The van der Waals surface area contributed by atoms with Crippen LogP contribution in [-0.2, 0) is 14.6 Å². The molecule has 0 saturated carbocycles. The molecular formula is C20H20N2O4S2. The maximum absolute atomic E-state index is 13.4.